The van der Waals surface area contributed by atoms with E-state index in [1.807, 2.05) is 0 Å². The number of carbonyl (C=O) groups excluding carboxylic acids is 1. The van der Waals surface area contributed by atoms with Crippen molar-refractivity contribution in [3.63, 3.8) is 0 Å². The molecule has 0 bridgehead atoms. The molecule has 0 rings (SSSR count). The van der Waals surface area contributed by atoms with E-state index in [1.54, 1.807) is 0 Å². The molecule has 0 aliphatic heterocycles. The molecule has 19 heavy (non-hydrogen) atoms. The van der Waals surface area contributed by atoms with Gasteiger partial charge in [-0.1, -0.05) is 0 Å². The monoisotopic (exact) mass is 698 g/mol. The summed E-state index contributed by atoms with van der Waals surface area (Å²) in [6.07, 6.45) is -2.04. The molecule has 11 heteroatoms. The van der Waals surface area contributed by atoms with Gasteiger partial charge in [0.05, 0.1) is 0 Å². The first-order chi connectivity index (χ1) is 8.19. The normalized spacial score (nSPS) is 9.74. The molecule has 2 radical (unpaired) electrons. The molecule has 106 valence electrons. The van der Waals surface area contributed by atoms with E-state index >= 15 is 0 Å². The SMILES string of the molecule is CC(=O)[O][U][O]C(CC(=O)O)(CC(=O)O)C(=O)O.[PbH2]. The third-order valence-corrected chi connectivity index (χ3v) is 5.20. The van der Waals surface area contributed by atoms with Crippen molar-refractivity contribution in [3.05, 3.63) is 0 Å². The van der Waals surface area contributed by atoms with Gasteiger partial charge in [-0.25, -0.2) is 0 Å². The average molecular weight is 697 g/mol. The average Bonchev–Trinajstić information content (AvgIpc) is 2.13. The summed E-state index contributed by atoms with van der Waals surface area (Å²) in [7, 11) is 0. The quantitative estimate of drug-likeness (QED) is 0.254. The van der Waals surface area contributed by atoms with Crippen molar-refractivity contribution in [3.8, 4) is 0 Å². The van der Waals surface area contributed by atoms with Crippen LogP contribution in [0.5, 0.6) is 0 Å². The van der Waals surface area contributed by atoms with E-state index in [2.05, 4.69) is 2.24 Å². The van der Waals surface area contributed by atoms with Crippen LogP contribution in [0.1, 0.15) is 19.8 Å². The van der Waals surface area contributed by atoms with Gasteiger partial charge in [-0.3, -0.25) is 0 Å². The van der Waals surface area contributed by atoms with Gasteiger partial charge in [0.25, 0.3) is 0 Å². The van der Waals surface area contributed by atoms with Crippen molar-refractivity contribution >= 4 is 51.2 Å². The summed E-state index contributed by atoms with van der Waals surface area (Å²) in [4.78, 5) is 42.7. The minimum atomic E-state index is -2.77. The Morgan fingerprint density at radius 3 is 1.74 bits per heavy atom. The van der Waals surface area contributed by atoms with Crippen LogP contribution in [-0.4, -0.2) is 72.1 Å². The molecule has 0 saturated carbocycles. The van der Waals surface area contributed by atoms with E-state index < -0.39 is 71.0 Å². The zero-order valence-corrected chi connectivity index (χ0v) is 19.6. The molecule has 0 heterocycles. The fourth-order valence-electron chi connectivity index (χ4n) is 0.977. The molecule has 0 aliphatic rings. The molecule has 0 aromatic heterocycles. The molecular weight excluding hydrogens is 685 g/mol. The molecule has 0 fully saturated rings. The molecule has 0 spiro atoms. The molecular formula is C8H12O9PbU. The summed E-state index contributed by atoms with van der Waals surface area (Å²) in [5.74, 6) is -5.44. The second-order valence-corrected chi connectivity index (χ2v) is 5.61. The topological polar surface area (TPSA) is 147 Å². The molecule has 0 aliphatic carbocycles. The standard InChI is InChI=1S/C6H7O7.C2H4O2.Pb.U.2H/c7-3(8)1-6(13,5(11)12)2-4(9)10;1-2(3)4;;;;/h1-2H2,(H,7,8)(H,9,10)(H,11,12);1H3,(H,3,4);;;;/q-1;;;+2;;/p-1. The molecule has 9 nitrogen and oxygen atoms in total. The first-order valence-electron chi connectivity index (χ1n) is 4.47. The second-order valence-electron chi connectivity index (χ2n) is 3.22. The summed E-state index contributed by atoms with van der Waals surface area (Å²) in [5.41, 5.74) is -2.39. The van der Waals surface area contributed by atoms with Gasteiger partial charge in [0.2, 0.25) is 0 Å². The van der Waals surface area contributed by atoms with Gasteiger partial charge in [-0.05, 0) is 0 Å². The number of carbonyl (C=O) groups is 4. The summed E-state index contributed by atoms with van der Waals surface area (Å²) in [6, 6.07) is 0. The van der Waals surface area contributed by atoms with Crippen molar-refractivity contribution in [2.45, 2.75) is 25.4 Å². The Morgan fingerprint density at radius 2 is 1.47 bits per heavy atom. The van der Waals surface area contributed by atoms with Gasteiger partial charge < -0.3 is 0 Å². The van der Waals surface area contributed by atoms with Crippen molar-refractivity contribution in [1.82, 2.24) is 0 Å². The third kappa shape index (κ3) is 8.56. The second kappa shape index (κ2) is 9.68. The first-order valence-corrected chi connectivity index (χ1v) is 7.87. The number of rotatable bonds is 8. The fraction of sp³-hybridized carbons (Fsp3) is 0.500. The Labute approximate surface area is 143 Å². The molecule has 0 atom stereocenters. The Bertz CT molecular complexity index is 353. The predicted molar refractivity (Wildman–Crippen MR) is 56.3 cm³/mol. The summed E-state index contributed by atoms with van der Waals surface area (Å²) < 4.78 is 9.34. The summed E-state index contributed by atoms with van der Waals surface area (Å²) >= 11 is -2.77. The minimum absolute atomic E-state index is 0. The van der Waals surface area contributed by atoms with E-state index in [1.165, 1.54) is 0 Å². The van der Waals surface area contributed by atoms with E-state index in [4.69, 9.17) is 17.6 Å². The van der Waals surface area contributed by atoms with Gasteiger partial charge >= 0.3 is 144 Å². The van der Waals surface area contributed by atoms with Crippen LogP contribution in [0, 0.1) is 28.7 Å². The van der Waals surface area contributed by atoms with Crippen molar-refractivity contribution in [1.29, 1.82) is 0 Å². The third-order valence-electron chi connectivity index (χ3n) is 1.69. The van der Waals surface area contributed by atoms with Gasteiger partial charge in [0.15, 0.2) is 0 Å². The molecule has 0 unspecified atom stereocenters. The van der Waals surface area contributed by atoms with Crippen molar-refractivity contribution in [2.24, 2.45) is 0 Å². The first kappa shape index (κ1) is 21.1. The van der Waals surface area contributed by atoms with E-state index in [0.717, 1.165) is 6.92 Å². The fourth-order valence-corrected chi connectivity index (χ4v) is 3.27. The van der Waals surface area contributed by atoms with Crippen molar-refractivity contribution in [2.75, 3.05) is 0 Å². The van der Waals surface area contributed by atoms with E-state index in [0.29, 0.717) is 0 Å². The van der Waals surface area contributed by atoms with Gasteiger partial charge in [0.1, 0.15) is 0 Å². The molecule has 0 saturated heterocycles. The van der Waals surface area contributed by atoms with E-state index in [-0.39, 0.29) is 27.3 Å². The van der Waals surface area contributed by atoms with Crippen LogP contribution in [0.25, 0.3) is 0 Å². The molecule has 0 aromatic carbocycles. The van der Waals surface area contributed by atoms with E-state index in [9.17, 15) is 19.2 Å². The Hall–Kier alpha value is -0.186. The van der Waals surface area contributed by atoms with Crippen LogP contribution in [0.2, 0.25) is 0 Å². The summed E-state index contributed by atoms with van der Waals surface area (Å²) in [5, 5.41) is 26.1. The maximum atomic E-state index is 11.0. The van der Waals surface area contributed by atoms with Crippen LogP contribution in [0.15, 0.2) is 0 Å². The Kier molecular flexibility index (Phi) is 10.8. The van der Waals surface area contributed by atoms with Gasteiger partial charge in [0, 0.05) is 0 Å². The Morgan fingerprint density at radius 1 is 1.05 bits per heavy atom. The zero-order valence-electron chi connectivity index (χ0n) is 9.91. The predicted octanol–water partition coefficient (Wildman–Crippen LogP) is -1.66. The summed E-state index contributed by atoms with van der Waals surface area (Å²) in [6.45, 7) is 1.08. The zero-order chi connectivity index (χ0) is 14.3. The van der Waals surface area contributed by atoms with Crippen molar-refractivity contribution < 1.29 is 67.7 Å². The van der Waals surface area contributed by atoms with Gasteiger partial charge in [-0.2, -0.15) is 0 Å². The van der Waals surface area contributed by atoms with Crippen LogP contribution < -0.4 is 0 Å². The van der Waals surface area contributed by atoms with Gasteiger partial charge in [-0.15, -0.1) is 0 Å². The molecule has 0 aromatic rings. The Balaban J connectivity index is 0. The molecule has 0 amide bonds. The van der Waals surface area contributed by atoms with Crippen LogP contribution in [0.4, 0.5) is 0 Å². The number of hydrogen-bond acceptors (Lipinski definition) is 6. The number of aliphatic carboxylic acids is 3. The molecule has 3 N–H and O–H groups in total. The van der Waals surface area contributed by atoms with Crippen LogP contribution in [-0.2, 0) is 23.7 Å². The van der Waals surface area contributed by atoms with Crippen LogP contribution in [0.3, 0.4) is 0 Å². The van der Waals surface area contributed by atoms with Crippen LogP contribution >= 0.6 is 0 Å². The number of carboxylic acid groups (broad SMARTS) is 3. The number of hydrogen-bond donors (Lipinski definition) is 3. The number of carboxylic acids is 3. The maximum absolute atomic E-state index is 11.0.